The third-order valence-corrected chi connectivity index (χ3v) is 5.21. The van der Waals surface area contributed by atoms with Crippen molar-refractivity contribution in [3.05, 3.63) is 74.5 Å². The van der Waals surface area contributed by atoms with E-state index in [1.54, 1.807) is 12.1 Å². The lowest BCUT2D eigenvalue weighted by Crippen LogP contribution is -2.44. The molecule has 142 valence electrons. The molecule has 2 aromatic rings. The lowest BCUT2D eigenvalue weighted by Gasteiger charge is -2.38. The lowest BCUT2D eigenvalue weighted by atomic mass is 9.74. The quantitative estimate of drug-likeness (QED) is 0.618. The van der Waals surface area contributed by atoms with Crippen molar-refractivity contribution in [3.8, 4) is 0 Å². The van der Waals surface area contributed by atoms with E-state index in [4.69, 9.17) is 16.3 Å². The zero-order valence-corrected chi connectivity index (χ0v) is 15.2. The Hall–Kier alpha value is -2.51. The highest BCUT2D eigenvalue weighted by Crippen LogP contribution is 2.34. The van der Waals surface area contributed by atoms with E-state index in [1.807, 2.05) is 0 Å². The number of rotatable bonds is 5. The number of carbonyl (C=O) groups excluding carboxylic acids is 1. The van der Waals surface area contributed by atoms with Crippen LogP contribution in [-0.2, 0) is 10.2 Å². The van der Waals surface area contributed by atoms with Gasteiger partial charge in [0.2, 0.25) is 0 Å². The Kier molecular flexibility index (Phi) is 5.72. The molecule has 0 saturated carbocycles. The van der Waals surface area contributed by atoms with Gasteiger partial charge in [-0.05, 0) is 36.6 Å². The summed E-state index contributed by atoms with van der Waals surface area (Å²) in [6, 6.07) is 10.00. The Balaban J connectivity index is 1.78. The minimum Gasteiger partial charge on any atom is -0.381 e. The van der Waals surface area contributed by atoms with Gasteiger partial charge in [-0.25, -0.2) is 4.39 Å². The van der Waals surface area contributed by atoms with Gasteiger partial charge >= 0.3 is 0 Å². The second-order valence-electron chi connectivity index (χ2n) is 6.50. The highest BCUT2D eigenvalue weighted by molar-refractivity contribution is 6.34. The number of nitrogens with zero attached hydrogens (tertiary/aromatic N) is 1. The lowest BCUT2D eigenvalue weighted by molar-refractivity contribution is -0.384. The van der Waals surface area contributed by atoms with Crippen molar-refractivity contribution in [3.63, 3.8) is 0 Å². The summed E-state index contributed by atoms with van der Waals surface area (Å²) in [5.74, 6) is -0.731. The number of hydrogen-bond acceptors (Lipinski definition) is 4. The van der Waals surface area contributed by atoms with Crippen LogP contribution in [0, 0.1) is 15.9 Å². The highest BCUT2D eigenvalue weighted by Gasteiger charge is 2.35. The van der Waals surface area contributed by atoms with Gasteiger partial charge in [0.1, 0.15) is 5.82 Å². The van der Waals surface area contributed by atoms with E-state index >= 15 is 0 Å². The topological polar surface area (TPSA) is 81.5 Å². The number of non-ortho nitro benzene ring substituents is 1. The van der Waals surface area contributed by atoms with E-state index in [9.17, 15) is 19.3 Å². The zero-order valence-electron chi connectivity index (χ0n) is 14.4. The van der Waals surface area contributed by atoms with Crippen molar-refractivity contribution in [1.29, 1.82) is 0 Å². The van der Waals surface area contributed by atoms with E-state index in [-0.39, 0.29) is 27.5 Å². The maximum absolute atomic E-state index is 13.3. The molecule has 8 heteroatoms. The van der Waals surface area contributed by atoms with Crippen molar-refractivity contribution < 1.29 is 18.8 Å². The first-order chi connectivity index (χ1) is 12.9. The van der Waals surface area contributed by atoms with Crippen LogP contribution >= 0.6 is 11.6 Å². The van der Waals surface area contributed by atoms with E-state index in [2.05, 4.69) is 5.32 Å². The number of carbonyl (C=O) groups is 1. The van der Waals surface area contributed by atoms with Gasteiger partial charge in [-0.15, -0.1) is 0 Å². The number of benzene rings is 2. The second kappa shape index (κ2) is 8.02. The molecular weight excluding hydrogens is 375 g/mol. The molecule has 1 N–H and O–H groups in total. The van der Waals surface area contributed by atoms with E-state index in [0.29, 0.717) is 32.6 Å². The zero-order chi connectivity index (χ0) is 19.4. The van der Waals surface area contributed by atoms with E-state index in [0.717, 1.165) is 11.6 Å². The Labute approximate surface area is 160 Å². The molecule has 1 aliphatic heterocycles. The van der Waals surface area contributed by atoms with Crippen LogP contribution in [0.25, 0.3) is 0 Å². The van der Waals surface area contributed by atoms with Gasteiger partial charge in [-0.2, -0.15) is 0 Å². The van der Waals surface area contributed by atoms with Gasteiger partial charge in [-0.1, -0.05) is 23.7 Å². The average Bonchev–Trinajstić information content (AvgIpc) is 2.67. The van der Waals surface area contributed by atoms with Crippen LogP contribution in [0.5, 0.6) is 0 Å². The molecule has 0 aliphatic carbocycles. The first-order valence-electron chi connectivity index (χ1n) is 8.47. The molecule has 6 nitrogen and oxygen atoms in total. The van der Waals surface area contributed by atoms with Crippen LogP contribution in [-0.4, -0.2) is 30.6 Å². The third-order valence-electron chi connectivity index (χ3n) is 4.90. The summed E-state index contributed by atoms with van der Waals surface area (Å²) in [6.45, 7) is 1.42. The van der Waals surface area contributed by atoms with Crippen LogP contribution in [0.2, 0.25) is 5.02 Å². The summed E-state index contributed by atoms with van der Waals surface area (Å²) in [5, 5.41) is 13.7. The predicted molar refractivity (Wildman–Crippen MR) is 98.6 cm³/mol. The van der Waals surface area contributed by atoms with Crippen LogP contribution in [0.3, 0.4) is 0 Å². The normalized spacial score (nSPS) is 15.9. The number of nitrogens with one attached hydrogen (secondary N) is 1. The average molecular weight is 393 g/mol. The molecular formula is C19H18ClFN2O4. The monoisotopic (exact) mass is 392 g/mol. The number of hydrogen-bond donors (Lipinski definition) is 1. The van der Waals surface area contributed by atoms with Gasteiger partial charge in [0.05, 0.1) is 15.5 Å². The molecule has 0 radical (unpaired) electrons. The minimum atomic E-state index is -0.570. The van der Waals surface area contributed by atoms with Gasteiger partial charge in [0, 0.05) is 37.3 Å². The third kappa shape index (κ3) is 4.26. The fraction of sp³-hybridized carbons (Fsp3) is 0.316. The standard InChI is InChI=1S/C19H18ClFN2O4/c20-17-11-15(23(25)26)5-6-16(17)18(24)22-12-19(7-9-27-10-8-19)13-1-3-14(21)4-2-13/h1-6,11H,7-10,12H2,(H,22,24). The smallest absolute Gasteiger partial charge is 0.270 e. The predicted octanol–water partition coefficient (Wildman–Crippen LogP) is 3.87. The largest absolute Gasteiger partial charge is 0.381 e. The van der Waals surface area contributed by atoms with Crippen LogP contribution < -0.4 is 5.32 Å². The second-order valence-corrected chi connectivity index (χ2v) is 6.91. The van der Waals surface area contributed by atoms with Crippen molar-refractivity contribution in [2.45, 2.75) is 18.3 Å². The molecule has 27 heavy (non-hydrogen) atoms. The fourth-order valence-corrected chi connectivity index (χ4v) is 3.54. The molecule has 1 aliphatic rings. The Morgan fingerprint density at radius 2 is 1.89 bits per heavy atom. The number of ether oxygens (including phenoxy) is 1. The Morgan fingerprint density at radius 1 is 1.22 bits per heavy atom. The molecule has 0 spiro atoms. The summed E-state index contributed by atoms with van der Waals surface area (Å²) in [4.78, 5) is 22.8. The molecule has 1 saturated heterocycles. The summed E-state index contributed by atoms with van der Waals surface area (Å²) < 4.78 is 18.7. The van der Waals surface area contributed by atoms with Crippen molar-refractivity contribution >= 4 is 23.2 Å². The SMILES string of the molecule is O=C(NCC1(c2ccc(F)cc2)CCOCC1)c1ccc([N+](=O)[O-])cc1Cl. The molecule has 3 rings (SSSR count). The molecule has 2 aromatic carbocycles. The molecule has 0 atom stereocenters. The molecule has 1 amide bonds. The van der Waals surface area contributed by atoms with Gasteiger partial charge < -0.3 is 10.1 Å². The van der Waals surface area contributed by atoms with Crippen molar-refractivity contribution in [2.24, 2.45) is 0 Å². The maximum atomic E-state index is 13.3. The Morgan fingerprint density at radius 3 is 2.48 bits per heavy atom. The highest BCUT2D eigenvalue weighted by atomic mass is 35.5. The molecule has 1 fully saturated rings. The van der Waals surface area contributed by atoms with Crippen molar-refractivity contribution in [2.75, 3.05) is 19.8 Å². The van der Waals surface area contributed by atoms with Crippen molar-refractivity contribution in [1.82, 2.24) is 5.32 Å². The summed E-state index contributed by atoms with van der Waals surface area (Å²) >= 11 is 6.03. The van der Waals surface area contributed by atoms with Crippen LogP contribution in [0.4, 0.5) is 10.1 Å². The number of nitro groups is 1. The minimum absolute atomic E-state index is 0.0181. The number of nitro benzene ring substituents is 1. The fourth-order valence-electron chi connectivity index (χ4n) is 3.28. The first kappa shape index (κ1) is 19.3. The molecule has 0 unspecified atom stereocenters. The van der Waals surface area contributed by atoms with E-state index < -0.39 is 10.8 Å². The molecule has 0 aromatic heterocycles. The summed E-state index contributed by atoms with van der Waals surface area (Å²) in [7, 11) is 0. The number of halogens is 2. The summed E-state index contributed by atoms with van der Waals surface area (Å²) in [5.41, 5.74) is 0.559. The molecule has 1 heterocycles. The number of amides is 1. The van der Waals surface area contributed by atoms with Gasteiger partial charge in [0.15, 0.2) is 0 Å². The maximum Gasteiger partial charge on any atom is 0.270 e. The van der Waals surface area contributed by atoms with Gasteiger partial charge in [-0.3, -0.25) is 14.9 Å². The van der Waals surface area contributed by atoms with Gasteiger partial charge in [0.25, 0.3) is 11.6 Å². The Bertz CT molecular complexity index is 851. The molecule has 0 bridgehead atoms. The van der Waals surface area contributed by atoms with Crippen LogP contribution in [0.15, 0.2) is 42.5 Å². The van der Waals surface area contributed by atoms with Crippen LogP contribution in [0.1, 0.15) is 28.8 Å². The summed E-state index contributed by atoms with van der Waals surface area (Å²) in [6.07, 6.45) is 1.37. The first-order valence-corrected chi connectivity index (χ1v) is 8.85. The van der Waals surface area contributed by atoms with E-state index in [1.165, 1.54) is 24.3 Å².